The highest BCUT2D eigenvalue weighted by Crippen LogP contribution is 2.00. The number of carbonyl (C=O) groups excluding carboxylic acids is 1. The molecular weight excluding hydrogens is 138 g/mol. The number of hydrogen-bond donors (Lipinski definition) is 1. The number of hydrogen-bond acceptors (Lipinski definition) is 1. The van der Waals surface area contributed by atoms with Gasteiger partial charge in [0.05, 0.1) is 0 Å². The van der Waals surface area contributed by atoms with Crippen LogP contribution in [0.1, 0.15) is 6.42 Å². The van der Waals surface area contributed by atoms with E-state index in [4.69, 9.17) is 0 Å². The highest BCUT2D eigenvalue weighted by molar-refractivity contribution is 5.45. The Balaban J connectivity index is 3.69. The largest absolute Gasteiger partial charge is 0.358 e. The minimum Gasteiger partial charge on any atom is -0.358 e. The van der Waals surface area contributed by atoms with Crippen molar-refractivity contribution < 1.29 is 4.79 Å². The first kappa shape index (κ1) is 9.69. The van der Waals surface area contributed by atoms with Crippen LogP contribution in [0.4, 0.5) is 0 Å². The standard InChI is InChI=1S/C9H13NO/c1-3-5-9(4-2)6-7-10-8-11/h3-5,8H,1-2,6-7H2,(H,10,11)/b9-5+. The molecule has 0 aliphatic carbocycles. The first-order chi connectivity index (χ1) is 5.35. The zero-order valence-corrected chi connectivity index (χ0v) is 6.55. The summed E-state index contributed by atoms with van der Waals surface area (Å²) in [4.78, 5) is 9.86. The predicted molar refractivity (Wildman–Crippen MR) is 47.2 cm³/mol. The van der Waals surface area contributed by atoms with E-state index in [1.54, 1.807) is 12.2 Å². The Labute approximate surface area is 67.3 Å². The predicted octanol–water partition coefficient (Wildman–Crippen LogP) is 1.42. The van der Waals surface area contributed by atoms with Gasteiger partial charge in [-0.25, -0.2) is 0 Å². The van der Waals surface area contributed by atoms with Crippen molar-refractivity contribution in [1.29, 1.82) is 0 Å². The lowest BCUT2D eigenvalue weighted by Gasteiger charge is -1.98. The van der Waals surface area contributed by atoms with Crippen molar-refractivity contribution in [3.8, 4) is 0 Å². The Morgan fingerprint density at radius 2 is 2.18 bits per heavy atom. The van der Waals surface area contributed by atoms with Crippen LogP contribution in [0.15, 0.2) is 37.0 Å². The molecule has 0 aromatic rings. The molecule has 0 bridgehead atoms. The first-order valence-corrected chi connectivity index (χ1v) is 3.46. The summed E-state index contributed by atoms with van der Waals surface area (Å²) in [5, 5.41) is 2.57. The third kappa shape index (κ3) is 5.15. The van der Waals surface area contributed by atoms with Gasteiger partial charge in [0.15, 0.2) is 0 Å². The van der Waals surface area contributed by atoms with Crippen molar-refractivity contribution in [2.45, 2.75) is 6.42 Å². The van der Waals surface area contributed by atoms with Crippen molar-refractivity contribution in [2.24, 2.45) is 0 Å². The molecule has 0 fully saturated rings. The Morgan fingerprint density at radius 1 is 1.45 bits per heavy atom. The normalized spacial score (nSPS) is 10.4. The van der Waals surface area contributed by atoms with Gasteiger partial charge < -0.3 is 5.32 Å². The van der Waals surface area contributed by atoms with Crippen LogP contribution in [-0.2, 0) is 4.79 Å². The van der Waals surface area contributed by atoms with Gasteiger partial charge in [-0.1, -0.05) is 31.4 Å². The Kier molecular flexibility index (Phi) is 5.99. The fourth-order valence-corrected chi connectivity index (χ4v) is 0.680. The van der Waals surface area contributed by atoms with Gasteiger partial charge in [0.25, 0.3) is 0 Å². The molecule has 0 aromatic carbocycles. The van der Waals surface area contributed by atoms with Gasteiger partial charge in [0, 0.05) is 6.54 Å². The van der Waals surface area contributed by atoms with Crippen LogP contribution in [0.5, 0.6) is 0 Å². The van der Waals surface area contributed by atoms with E-state index in [0.29, 0.717) is 13.0 Å². The monoisotopic (exact) mass is 151 g/mol. The Morgan fingerprint density at radius 3 is 2.64 bits per heavy atom. The summed E-state index contributed by atoms with van der Waals surface area (Å²) in [6, 6.07) is 0. The van der Waals surface area contributed by atoms with E-state index in [0.717, 1.165) is 12.0 Å². The molecule has 1 amide bonds. The second kappa shape index (κ2) is 6.81. The minimum atomic E-state index is 0.648. The molecule has 0 radical (unpaired) electrons. The number of rotatable bonds is 6. The molecular formula is C9H13NO. The van der Waals surface area contributed by atoms with Gasteiger partial charge in [0.1, 0.15) is 0 Å². The lowest BCUT2D eigenvalue weighted by Crippen LogP contribution is -2.12. The van der Waals surface area contributed by atoms with Crippen LogP contribution in [0.25, 0.3) is 0 Å². The zero-order chi connectivity index (χ0) is 8.53. The molecule has 0 aliphatic heterocycles. The van der Waals surface area contributed by atoms with E-state index in [9.17, 15) is 4.79 Å². The van der Waals surface area contributed by atoms with E-state index in [2.05, 4.69) is 18.5 Å². The summed E-state index contributed by atoms with van der Waals surface area (Å²) >= 11 is 0. The van der Waals surface area contributed by atoms with E-state index in [1.807, 2.05) is 6.08 Å². The molecule has 0 saturated heterocycles. The average Bonchev–Trinajstić information content (AvgIpc) is 2.03. The maximum Gasteiger partial charge on any atom is 0.207 e. The van der Waals surface area contributed by atoms with Crippen LogP contribution in [0, 0.1) is 0 Å². The van der Waals surface area contributed by atoms with Crippen LogP contribution in [0.3, 0.4) is 0 Å². The van der Waals surface area contributed by atoms with Gasteiger partial charge in [-0.3, -0.25) is 4.79 Å². The molecule has 0 rings (SSSR count). The number of carbonyl (C=O) groups is 1. The molecule has 0 aliphatic rings. The van der Waals surface area contributed by atoms with E-state index in [-0.39, 0.29) is 0 Å². The molecule has 0 aromatic heterocycles. The molecule has 2 heteroatoms. The lowest BCUT2D eigenvalue weighted by molar-refractivity contribution is -0.109. The third-order valence-electron chi connectivity index (χ3n) is 1.24. The molecule has 0 unspecified atom stereocenters. The highest BCUT2D eigenvalue weighted by Gasteiger charge is 1.88. The maximum atomic E-state index is 9.86. The van der Waals surface area contributed by atoms with Crippen molar-refractivity contribution >= 4 is 6.41 Å². The molecule has 2 nitrogen and oxygen atoms in total. The van der Waals surface area contributed by atoms with Crippen molar-refractivity contribution in [1.82, 2.24) is 5.32 Å². The maximum absolute atomic E-state index is 9.86. The smallest absolute Gasteiger partial charge is 0.207 e. The summed E-state index contributed by atoms with van der Waals surface area (Å²) in [7, 11) is 0. The number of allylic oxidation sites excluding steroid dienone is 3. The molecule has 1 N–H and O–H groups in total. The average molecular weight is 151 g/mol. The SMILES string of the molecule is C=C/C=C(\C=C)CCNC=O. The van der Waals surface area contributed by atoms with Crippen LogP contribution >= 0.6 is 0 Å². The fraction of sp³-hybridized carbons (Fsp3) is 0.222. The Bertz CT molecular complexity index is 170. The van der Waals surface area contributed by atoms with Gasteiger partial charge >= 0.3 is 0 Å². The van der Waals surface area contributed by atoms with Crippen molar-refractivity contribution in [3.05, 3.63) is 37.0 Å². The van der Waals surface area contributed by atoms with E-state index >= 15 is 0 Å². The summed E-state index contributed by atoms with van der Waals surface area (Å²) < 4.78 is 0. The van der Waals surface area contributed by atoms with Crippen LogP contribution in [0.2, 0.25) is 0 Å². The molecule has 0 heterocycles. The number of nitrogens with one attached hydrogen (secondary N) is 1. The molecule has 0 spiro atoms. The Hall–Kier alpha value is -1.31. The van der Waals surface area contributed by atoms with Crippen molar-refractivity contribution in [3.63, 3.8) is 0 Å². The molecule has 0 saturated carbocycles. The van der Waals surface area contributed by atoms with Gasteiger partial charge in [-0.2, -0.15) is 0 Å². The summed E-state index contributed by atoms with van der Waals surface area (Å²) in [5.41, 5.74) is 1.08. The topological polar surface area (TPSA) is 29.1 Å². The van der Waals surface area contributed by atoms with Gasteiger partial charge in [0.2, 0.25) is 6.41 Å². The van der Waals surface area contributed by atoms with Gasteiger partial charge in [-0.15, -0.1) is 0 Å². The quantitative estimate of drug-likeness (QED) is 0.347. The second-order valence-corrected chi connectivity index (χ2v) is 2.00. The van der Waals surface area contributed by atoms with Crippen LogP contribution < -0.4 is 5.32 Å². The van der Waals surface area contributed by atoms with E-state index in [1.165, 1.54) is 0 Å². The highest BCUT2D eigenvalue weighted by atomic mass is 16.1. The molecule has 60 valence electrons. The van der Waals surface area contributed by atoms with Crippen molar-refractivity contribution in [2.75, 3.05) is 6.54 Å². The summed E-state index contributed by atoms with van der Waals surface area (Å²) in [5.74, 6) is 0. The molecule has 0 atom stereocenters. The lowest BCUT2D eigenvalue weighted by atomic mass is 10.2. The summed E-state index contributed by atoms with van der Waals surface area (Å²) in [6.45, 7) is 7.84. The number of amides is 1. The third-order valence-corrected chi connectivity index (χ3v) is 1.24. The fourth-order valence-electron chi connectivity index (χ4n) is 0.680. The molecule has 11 heavy (non-hydrogen) atoms. The van der Waals surface area contributed by atoms with E-state index < -0.39 is 0 Å². The second-order valence-electron chi connectivity index (χ2n) is 2.00. The summed E-state index contributed by atoms with van der Waals surface area (Å²) in [6.07, 6.45) is 6.83. The zero-order valence-electron chi connectivity index (χ0n) is 6.55. The van der Waals surface area contributed by atoms with Gasteiger partial charge in [-0.05, 0) is 12.0 Å². The first-order valence-electron chi connectivity index (χ1n) is 3.46. The minimum absolute atomic E-state index is 0.648. The van der Waals surface area contributed by atoms with Crippen LogP contribution in [-0.4, -0.2) is 13.0 Å².